The van der Waals surface area contributed by atoms with E-state index in [-0.39, 0.29) is 41.7 Å². The van der Waals surface area contributed by atoms with Crippen molar-refractivity contribution in [2.75, 3.05) is 13.2 Å². The van der Waals surface area contributed by atoms with Gasteiger partial charge in [0.25, 0.3) is 5.56 Å². The van der Waals surface area contributed by atoms with Crippen molar-refractivity contribution >= 4 is 34.4 Å². The van der Waals surface area contributed by atoms with E-state index >= 15 is 0 Å². The summed E-state index contributed by atoms with van der Waals surface area (Å²) in [7, 11) is 0. The van der Waals surface area contributed by atoms with Gasteiger partial charge in [-0.2, -0.15) is 0 Å². The third-order valence-electron chi connectivity index (χ3n) is 6.65. The fourth-order valence-corrected chi connectivity index (χ4v) is 5.09. The molecule has 12 heteroatoms. The van der Waals surface area contributed by atoms with E-state index in [2.05, 4.69) is 9.97 Å². The van der Waals surface area contributed by atoms with E-state index in [4.69, 9.17) is 37.7 Å². The Morgan fingerprint density at radius 1 is 1.13 bits per heavy atom. The molecule has 5 rings (SSSR count). The van der Waals surface area contributed by atoms with Crippen LogP contribution in [0.3, 0.4) is 0 Å². The quantitative estimate of drug-likeness (QED) is 0.211. The van der Waals surface area contributed by atoms with Crippen LogP contribution in [0, 0.1) is 0 Å². The lowest BCUT2D eigenvalue weighted by atomic mass is 10.2. The van der Waals surface area contributed by atoms with Gasteiger partial charge in [0.05, 0.1) is 29.4 Å². The first kappa shape index (κ1) is 27.5. The van der Waals surface area contributed by atoms with Crippen LogP contribution in [0.25, 0.3) is 22.6 Å². The summed E-state index contributed by atoms with van der Waals surface area (Å²) in [5, 5.41) is 0.737. The Kier molecular flexibility index (Phi) is 8.46. The number of imidazole rings is 1. The summed E-state index contributed by atoms with van der Waals surface area (Å²) in [4.78, 5) is 41.0. The Labute approximate surface area is 235 Å². The van der Waals surface area contributed by atoms with E-state index in [0.717, 1.165) is 19.3 Å². The van der Waals surface area contributed by atoms with Crippen LogP contribution in [0.5, 0.6) is 0 Å². The second-order valence-electron chi connectivity index (χ2n) is 9.73. The van der Waals surface area contributed by atoms with Gasteiger partial charge in [0.1, 0.15) is 11.0 Å². The van der Waals surface area contributed by atoms with Gasteiger partial charge in [0.15, 0.2) is 17.5 Å². The van der Waals surface area contributed by atoms with Crippen molar-refractivity contribution in [1.29, 1.82) is 0 Å². The number of fused-ring (bicyclic) bond motifs is 1. The minimum Gasteiger partial charge on any atom is -0.353 e. The highest BCUT2D eigenvalue weighted by Gasteiger charge is 2.25. The van der Waals surface area contributed by atoms with Crippen LogP contribution in [-0.4, -0.2) is 48.2 Å². The van der Waals surface area contributed by atoms with E-state index in [1.54, 1.807) is 45.8 Å². The van der Waals surface area contributed by atoms with Crippen molar-refractivity contribution in [1.82, 2.24) is 28.7 Å². The maximum absolute atomic E-state index is 13.9. The molecule has 0 spiro atoms. The zero-order valence-electron chi connectivity index (χ0n) is 21.8. The van der Waals surface area contributed by atoms with Crippen molar-refractivity contribution in [3.05, 3.63) is 73.4 Å². The summed E-state index contributed by atoms with van der Waals surface area (Å²) in [6.45, 7) is 5.24. The predicted octanol–water partition coefficient (Wildman–Crippen LogP) is 4.69. The maximum atomic E-state index is 13.9. The second kappa shape index (κ2) is 12.0. The standard InChI is InChI=1S/C27H30Cl2N6O4/c1-17(2)35-25-22(26(36)33(27(35)37)12-6-14-39-21-8-3-4-13-38-21)34(16-19-10-9-18(28)15-31-19)24(32-25)20-7-5-11-30-23(20)29/h5,7,9-11,15,17,21H,3-4,6,8,12-14,16H2,1-2H3. The molecule has 0 N–H and O–H groups in total. The molecule has 10 nitrogen and oxygen atoms in total. The van der Waals surface area contributed by atoms with E-state index in [9.17, 15) is 9.59 Å². The zero-order valence-corrected chi connectivity index (χ0v) is 23.4. The molecular formula is C27H30Cl2N6O4. The molecule has 1 aliphatic rings. The Hall–Kier alpha value is -3.05. The highest BCUT2D eigenvalue weighted by Crippen LogP contribution is 2.29. The van der Waals surface area contributed by atoms with Gasteiger partial charge in [-0.3, -0.25) is 18.9 Å². The number of halogens is 2. The van der Waals surface area contributed by atoms with Crippen LogP contribution in [0.2, 0.25) is 10.2 Å². The van der Waals surface area contributed by atoms with E-state index in [1.165, 1.54) is 4.57 Å². The maximum Gasteiger partial charge on any atom is 0.332 e. The first-order valence-electron chi connectivity index (χ1n) is 13.0. The van der Waals surface area contributed by atoms with Crippen molar-refractivity contribution in [2.24, 2.45) is 0 Å². The molecule has 0 amide bonds. The molecule has 1 unspecified atom stereocenters. The van der Waals surface area contributed by atoms with Crippen LogP contribution >= 0.6 is 23.2 Å². The molecule has 0 aliphatic carbocycles. The zero-order chi connectivity index (χ0) is 27.5. The molecule has 4 aromatic heterocycles. The number of nitrogens with zero attached hydrogens (tertiary/aromatic N) is 6. The van der Waals surface area contributed by atoms with E-state index in [0.29, 0.717) is 41.7 Å². The van der Waals surface area contributed by atoms with Crippen molar-refractivity contribution in [2.45, 2.75) is 65.0 Å². The molecule has 1 saturated heterocycles. The summed E-state index contributed by atoms with van der Waals surface area (Å²) >= 11 is 12.5. The Balaban J connectivity index is 1.61. The molecular weight excluding hydrogens is 543 g/mol. The number of hydrogen-bond donors (Lipinski definition) is 0. The van der Waals surface area contributed by atoms with Gasteiger partial charge in [0.2, 0.25) is 0 Å². The van der Waals surface area contributed by atoms with Gasteiger partial charge >= 0.3 is 5.69 Å². The Morgan fingerprint density at radius 3 is 2.67 bits per heavy atom. The summed E-state index contributed by atoms with van der Waals surface area (Å²) in [5.41, 5.74) is 0.912. The van der Waals surface area contributed by atoms with Crippen LogP contribution in [-0.2, 0) is 22.6 Å². The van der Waals surface area contributed by atoms with Gasteiger partial charge in [-0.15, -0.1) is 0 Å². The molecule has 0 bridgehead atoms. The summed E-state index contributed by atoms with van der Waals surface area (Å²) in [6.07, 6.45) is 6.33. The predicted molar refractivity (Wildman–Crippen MR) is 149 cm³/mol. The normalized spacial score (nSPS) is 15.9. The number of aromatic nitrogens is 6. The summed E-state index contributed by atoms with van der Waals surface area (Å²) in [5.74, 6) is 0.418. The molecule has 39 heavy (non-hydrogen) atoms. The van der Waals surface area contributed by atoms with Gasteiger partial charge in [-0.05, 0) is 63.8 Å². The topological polar surface area (TPSA) is 106 Å². The Bertz CT molecular complexity index is 1570. The fourth-order valence-electron chi connectivity index (χ4n) is 4.77. The van der Waals surface area contributed by atoms with Crippen LogP contribution < -0.4 is 11.2 Å². The van der Waals surface area contributed by atoms with Crippen molar-refractivity contribution in [3.63, 3.8) is 0 Å². The largest absolute Gasteiger partial charge is 0.353 e. The highest BCUT2D eigenvalue weighted by molar-refractivity contribution is 6.32. The van der Waals surface area contributed by atoms with Crippen LogP contribution in [0.15, 0.2) is 46.2 Å². The summed E-state index contributed by atoms with van der Waals surface area (Å²) < 4.78 is 16.0. The van der Waals surface area contributed by atoms with E-state index in [1.807, 2.05) is 13.8 Å². The van der Waals surface area contributed by atoms with Gasteiger partial charge in [-0.1, -0.05) is 23.2 Å². The molecule has 1 fully saturated rings. The molecule has 0 aromatic carbocycles. The van der Waals surface area contributed by atoms with Crippen molar-refractivity contribution < 1.29 is 9.47 Å². The van der Waals surface area contributed by atoms with Gasteiger partial charge in [0, 0.05) is 31.6 Å². The Morgan fingerprint density at radius 2 is 1.97 bits per heavy atom. The van der Waals surface area contributed by atoms with Crippen LogP contribution in [0.4, 0.5) is 0 Å². The molecule has 1 aliphatic heterocycles. The second-order valence-corrected chi connectivity index (χ2v) is 10.5. The number of hydrogen-bond acceptors (Lipinski definition) is 7. The molecule has 0 saturated carbocycles. The number of ether oxygens (including phenoxy) is 2. The monoisotopic (exact) mass is 572 g/mol. The molecule has 5 heterocycles. The molecule has 206 valence electrons. The fraction of sp³-hybridized carbons (Fsp3) is 0.444. The van der Waals surface area contributed by atoms with Crippen molar-refractivity contribution in [3.8, 4) is 11.4 Å². The van der Waals surface area contributed by atoms with Gasteiger partial charge in [-0.25, -0.2) is 14.8 Å². The molecule has 0 radical (unpaired) electrons. The smallest absolute Gasteiger partial charge is 0.332 e. The minimum absolute atomic E-state index is 0.195. The summed E-state index contributed by atoms with van der Waals surface area (Å²) in [6, 6.07) is 6.79. The lowest BCUT2D eigenvalue weighted by Crippen LogP contribution is -2.41. The molecule has 1 atom stereocenters. The first-order valence-corrected chi connectivity index (χ1v) is 13.8. The van der Waals surface area contributed by atoms with E-state index < -0.39 is 11.2 Å². The number of rotatable bonds is 9. The third-order valence-corrected chi connectivity index (χ3v) is 7.18. The lowest BCUT2D eigenvalue weighted by Gasteiger charge is -2.22. The third kappa shape index (κ3) is 5.79. The highest BCUT2D eigenvalue weighted by atomic mass is 35.5. The first-order chi connectivity index (χ1) is 18.8. The van der Waals surface area contributed by atoms with Crippen LogP contribution in [0.1, 0.15) is 51.3 Å². The SMILES string of the molecule is CC(C)n1c(=O)n(CCCOC2CCCCO2)c(=O)c2c1nc(-c1cccnc1Cl)n2Cc1ccc(Cl)cn1. The average molecular weight is 573 g/mol. The van der Waals surface area contributed by atoms with Gasteiger partial charge < -0.3 is 14.0 Å². The number of pyridine rings is 2. The lowest BCUT2D eigenvalue weighted by molar-refractivity contribution is -0.163. The average Bonchev–Trinajstić information content (AvgIpc) is 3.28. The molecule has 4 aromatic rings. The minimum atomic E-state index is -0.437.